The van der Waals surface area contributed by atoms with Crippen LogP contribution in [0.3, 0.4) is 0 Å². The molecule has 0 unspecified atom stereocenters. The van der Waals surface area contributed by atoms with E-state index >= 15 is 0 Å². The Morgan fingerprint density at radius 2 is 0.674 bits per heavy atom. The molecule has 0 aliphatic carbocycles. The Balaban J connectivity index is 1.81. The number of hydrogen-bond donors (Lipinski definition) is 1. The van der Waals surface area contributed by atoms with Crippen molar-refractivity contribution in [3.05, 3.63) is 24.3 Å². The normalized spacial score (nSPS) is 17.3. The second-order valence-corrected chi connectivity index (χ2v) is 13.4. The third-order valence-corrected chi connectivity index (χ3v) is 9.08. The summed E-state index contributed by atoms with van der Waals surface area (Å²) in [6, 6.07) is 0. The first kappa shape index (κ1) is 40.4. The van der Waals surface area contributed by atoms with Gasteiger partial charge < -0.3 is 14.8 Å². The van der Waals surface area contributed by atoms with Gasteiger partial charge in [0.05, 0.1) is 12.2 Å². The maximum absolute atomic E-state index is 6.22. The third-order valence-electron chi connectivity index (χ3n) is 9.08. The Labute approximate surface area is 270 Å². The van der Waals surface area contributed by atoms with Gasteiger partial charge in [-0.3, -0.25) is 0 Å². The minimum atomic E-state index is 0.251. The summed E-state index contributed by atoms with van der Waals surface area (Å²) in [5, 5.41) is 3.48. The van der Waals surface area contributed by atoms with Gasteiger partial charge in [-0.15, -0.1) is 0 Å². The molecular weight excluding hydrogens is 526 g/mol. The van der Waals surface area contributed by atoms with Crippen LogP contribution in [0.1, 0.15) is 194 Å². The van der Waals surface area contributed by atoms with Gasteiger partial charge in [0, 0.05) is 26.3 Å². The molecule has 3 heteroatoms. The van der Waals surface area contributed by atoms with Crippen molar-refractivity contribution in [3.63, 3.8) is 0 Å². The highest BCUT2D eigenvalue weighted by Gasteiger charge is 2.28. The van der Waals surface area contributed by atoms with E-state index in [4.69, 9.17) is 9.47 Å². The molecule has 1 aliphatic heterocycles. The molecule has 0 spiro atoms. The molecule has 0 amide bonds. The molecule has 43 heavy (non-hydrogen) atoms. The van der Waals surface area contributed by atoms with E-state index in [9.17, 15) is 0 Å². The number of ether oxygens (including phenoxy) is 2. The lowest BCUT2D eigenvalue weighted by Crippen LogP contribution is -2.30. The van der Waals surface area contributed by atoms with E-state index in [0.29, 0.717) is 0 Å². The molecule has 1 N–H and O–H groups in total. The average Bonchev–Trinajstić information content (AvgIpc) is 3.47. The first-order valence-corrected chi connectivity index (χ1v) is 19.6. The number of hydrogen-bond acceptors (Lipinski definition) is 3. The van der Waals surface area contributed by atoms with Crippen LogP contribution in [-0.4, -0.2) is 38.5 Å². The molecule has 0 aromatic carbocycles. The van der Waals surface area contributed by atoms with Gasteiger partial charge in [0.25, 0.3) is 0 Å². The molecule has 1 fully saturated rings. The molecule has 0 radical (unpaired) electrons. The van der Waals surface area contributed by atoms with E-state index in [-0.39, 0.29) is 12.2 Å². The predicted molar refractivity (Wildman–Crippen MR) is 191 cm³/mol. The molecule has 1 saturated heterocycles. The molecule has 0 aromatic heterocycles. The second-order valence-electron chi connectivity index (χ2n) is 13.4. The molecule has 0 saturated carbocycles. The highest BCUT2D eigenvalue weighted by molar-refractivity contribution is 4.83. The van der Waals surface area contributed by atoms with Crippen molar-refractivity contribution in [2.45, 2.75) is 206 Å². The lowest BCUT2D eigenvalue weighted by Gasteiger charge is -2.20. The van der Waals surface area contributed by atoms with Crippen LogP contribution in [0.2, 0.25) is 0 Å². The van der Waals surface area contributed by atoms with Gasteiger partial charge in [0.1, 0.15) is 0 Å². The zero-order chi connectivity index (χ0) is 30.7. The van der Waals surface area contributed by atoms with Crippen LogP contribution < -0.4 is 5.32 Å². The van der Waals surface area contributed by atoms with Crippen LogP contribution in [0.25, 0.3) is 0 Å². The van der Waals surface area contributed by atoms with Crippen molar-refractivity contribution in [3.8, 4) is 0 Å². The molecular formula is C40H77NO2. The summed E-state index contributed by atoms with van der Waals surface area (Å²) in [7, 11) is 0. The highest BCUT2D eigenvalue weighted by atomic mass is 16.5. The van der Waals surface area contributed by atoms with Crippen LogP contribution in [0.15, 0.2) is 24.3 Å². The van der Waals surface area contributed by atoms with E-state index in [1.807, 2.05) is 0 Å². The maximum atomic E-state index is 6.22. The first-order chi connectivity index (χ1) is 21.4. The van der Waals surface area contributed by atoms with Crippen molar-refractivity contribution in [1.29, 1.82) is 0 Å². The zero-order valence-electron chi connectivity index (χ0n) is 29.4. The Morgan fingerprint density at radius 3 is 1.00 bits per heavy atom. The molecule has 0 bridgehead atoms. The lowest BCUT2D eigenvalue weighted by molar-refractivity contribution is -0.0481. The number of unbranched alkanes of at least 4 members (excludes halogenated alkanes) is 24. The minimum absolute atomic E-state index is 0.251. The molecule has 1 aliphatic rings. The fourth-order valence-electron chi connectivity index (χ4n) is 6.13. The van der Waals surface area contributed by atoms with Crippen LogP contribution in [0.4, 0.5) is 0 Å². The molecule has 1 rings (SSSR count). The SMILES string of the molecule is CCCCCCC=CCCCCCCCCCCO[C@@H]1CNC[C@H]1OCCCCCCCCCCC=CCCCCCC. The monoisotopic (exact) mass is 604 g/mol. The number of rotatable bonds is 34. The molecule has 254 valence electrons. The molecule has 3 nitrogen and oxygen atoms in total. The molecule has 2 atom stereocenters. The van der Waals surface area contributed by atoms with Crippen LogP contribution in [0, 0.1) is 0 Å². The largest absolute Gasteiger partial charge is 0.374 e. The summed E-state index contributed by atoms with van der Waals surface area (Å²) in [4.78, 5) is 0. The van der Waals surface area contributed by atoms with Crippen molar-refractivity contribution >= 4 is 0 Å². The van der Waals surface area contributed by atoms with Crippen LogP contribution in [0.5, 0.6) is 0 Å². The Kier molecular flexibility index (Phi) is 32.2. The van der Waals surface area contributed by atoms with E-state index in [1.165, 1.54) is 180 Å². The fourth-order valence-corrected chi connectivity index (χ4v) is 6.13. The second kappa shape index (κ2) is 34.2. The smallest absolute Gasteiger partial charge is 0.0973 e. The topological polar surface area (TPSA) is 30.5 Å². The van der Waals surface area contributed by atoms with Crippen molar-refractivity contribution < 1.29 is 9.47 Å². The first-order valence-electron chi connectivity index (χ1n) is 19.6. The summed E-state index contributed by atoms with van der Waals surface area (Å²) in [6.07, 6.45) is 48.0. The molecule has 1 heterocycles. The van der Waals surface area contributed by atoms with E-state index in [1.54, 1.807) is 0 Å². The zero-order valence-corrected chi connectivity index (χ0v) is 29.4. The van der Waals surface area contributed by atoms with Gasteiger partial charge in [-0.25, -0.2) is 0 Å². The quantitative estimate of drug-likeness (QED) is 0.0586. The van der Waals surface area contributed by atoms with Crippen LogP contribution >= 0.6 is 0 Å². The average molecular weight is 604 g/mol. The summed E-state index contributed by atoms with van der Waals surface area (Å²) >= 11 is 0. The fraction of sp³-hybridized carbons (Fsp3) is 0.900. The van der Waals surface area contributed by atoms with Gasteiger partial charge in [-0.05, 0) is 64.2 Å². The van der Waals surface area contributed by atoms with Crippen molar-refractivity contribution in [2.24, 2.45) is 0 Å². The summed E-state index contributed by atoms with van der Waals surface area (Å²) in [6.45, 7) is 8.26. The predicted octanol–water partition coefficient (Wildman–Crippen LogP) is 12.4. The Morgan fingerprint density at radius 1 is 0.395 bits per heavy atom. The minimum Gasteiger partial charge on any atom is -0.374 e. The van der Waals surface area contributed by atoms with Crippen LogP contribution in [-0.2, 0) is 9.47 Å². The van der Waals surface area contributed by atoms with Gasteiger partial charge in [-0.1, -0.05) is 154 Å². The number of allylic oxidation sites excluding steroid dienone is 4. The Hall–Kier alpha value is -0.640. The lowest BCUT2D eigenvalue weighted by atomic mass is 10.1. The third kappa shape index (κ3) is 28.6. The van der Waals surface area contributed by atoms with Gasteiger partial charge >= 0.3 is 0 Å². The van der Waals surface area contributed by atoms with Gasteiger partial charge in [-0.2, -0.15) is 0 Å². The summed E-state index contributed by atoms with van der Waals surface area (Å²) in [5.41, 5.74) is 0. The number of nitrogens with one attached hydrogen (secondary N) is 1. The van der Waals surface area contributed by atoms with Crippen molar-refractivity contribution in [1.82, 2.24) is 5.32 Å². The maximum Gasteiger partial charge on any atom is 0.0973 e. The van der Waals surface area contributed by atoms with E-state index < -0.39 is 0 Å². The van der Waals surface area contributed by atoms with E-state index in [0.717, 1.165) is 26.3 Å². The highest BCUT2D eigenvalue weighted by Crippen LogP contribution is 2.15. The van der Waals surface area contributed by atoms with Gasteiger partial charge in [0.2, 0.25) is 0 Å². The van der Waals surface area contributed by atoms with Gasteiger partial charge in [0.15, 0.2) is 0 Å². The Bertz CT molecular complexity index is 539. The summed E-state index contributed by atoms with van der Waals surface area (Å²) < 4.78 is 12.4. The standard InChI is InChI=1S/C40H77NO2/c1-3-5-7-9-11-13-15-17-19-21-23-25-27-29-31-33-35-42-39-37-41-38-40(39)43-36-34-32-30-28-26-24-22-20-18-16-14-12-10-8-6-4-2/h13-16,39-41H,3-12,17-38H2,1-2H3/t39-,40-/m1/s1. The summed E-state index contributed by atoms with van der Waals surface area (Å²) in [5.74, 6) is 0. The van der Waals surface area contributed by atoms with E-state index in [2.05, 4.69) is 43.5 Å². The van der Waals surface area contributed by atoms with Crippen molar-refractivity contribution in [2.75, 3.05) is 26.3 Å². The molecule has 0 aromatic rings.